The predicted molar refractivity (Wildman–Crippen MR) is 119 cm³/mol. The SMILES string of the molecule is CC(=O)N1CC=C(c2ccc3cnc(NCc4ccc(C#N)cn4)nc3c2)CC1.O=CO. The number of carbonyl (C=O) groups is 2. The smallest absolute Gasteiger partial charge is 0.290 e. The highest BCUT2D eigenvalue weighted by atomic mass is 16.3. The molecule has 4 rings (SSSR count). The summed E-state index contributed by atoms with van der Waals surface area (Å²) in [6.45, 7) is 3.22. The van der Waals surface area contributed by atoms with Gasteiger partial charge in [-0.3, -0.25) is 14.6 Å². The van der Waals surface area contributed by atoms with E-state index in [4.69, 9.17) is 15.2 Å². The van der Waals surface area contributed by atoms with Gasteiger partial charge in [0.2, 0.25) is 11.9 Å². The molecule has 2 N–H and O–H groups in total. The molecule has 32 heavy (non-hydrogen) atoms. The van der Waals surface area contributed by atoms with Crippen LogP contribution in [0.15, 0.2) is 48.8 Å². The van der Waals surface area contributed by atoms with Crippen LogP contribution in [-0.4, -0.2) is 50.4 Å². The molecule has 2 aromatic heterocycles. The molecule has 162 valence electrons. The molecule has 0 saturated heterocycles. The molecule has 0 fully saturated rings. The highest BCUT2D eigenvalue weighted by molar-refractivity contribution is 5.84. The number of hydrogen-bond acceptors (Lipinski definition) is 7. The number of pyridine rings is 1. The molecular weight excluding hydrogens is 408 g/mol. The molecule has 1 amide bonds. The van der Waals surface area contributed by atoms with E-state index in [0.29, 0.717) is 24.6 Å². The minimum Gasteiger partial charge on any atom is -0.483 e. The minimum absolute atomic E-state index is 0.110. The van der Waals surface area contributed by atoms with Crippen molar-refractivity contribution in [3.63, 3.8) is 0 Å². The van der Waals surface area contributed by atoms with E-state index in [0.717, 1.165) is 35.1 Å². The number of nitriles is 1. The van der Waals surface area contributed by atoms with Gasteiger partial charge in [0.25, 0.3) is 6.47 Å². The van der Waals surface area contributed by atoms with Gasteiger partial charge in [0.05, 0.1) is 23.3 Å². The second-order valence-electron chi connectivity index (χ2n) is 7.02. The highest BCUT2D eigenvalue weighted by Gasteiger charge is 2.15. The maximum absolute atomic E-state index is 11.5. The van der Waals surface area contributed by atoms with E-state index in [1.54, 1.807) is 25.4 Å². The number of carboxylic acid groups (broad SMARTS) is 1. The van der Waals surface area contributed by atoms with Crippen LogP contribution in [0.5, 0.6) is 0 Å². The van der Waals surface area contributed by atoms with Gasteiger partial charge in [0.1, 0.15) is 6.07 Å². The fourth-order valence-corrected chi connectivity index (χ4v) is 3.29. The molecule has 9 nitrogen and oxygen atoms in total. The number of nitrogens with one attached hydrogen (secondary N) is 1. The van der Waals surface area contributed by atoms with Crippen LogP contribution in [0, 0.1) is 11.3 Å². The second kappa shape index (κ2) is 10.6. The summed E-state index contributed by atoms with van der Waals surface area (Å²) in [6.07, 6.45) is 6.30. The zero-order valence-electron chi connectivity index (χ0n) is 17.5. The van der Waals surface area contributed by atoms with Gasteiger partial charge in [-0.05, 0) is 35.8 Å². The van der Waals surface area contributed by atoms with Gasteiger partial charge in [-0.1, -0.05) is 18.2 Å². The third kappa shape index (κ3) is 5.64. The number of benzene rings is 1. The number of aromatic nitrogens is 3. The predicted octanol–water partition coefficient (Wildman–Crippen LogP) is 2.84. The molecule has 3 heterocycles. The van der Waals surface area contributed by atoms with E-state index in [2.05, 4.69) is 44.5 Å². The van der Waals surface area contributed by atoms with E-state index in [9.17, 15) is 4.79 Å². The van der Waals surface area contributed by atoms with E-state index < -0.39 is 0 Å². The first kappa shape index (κ1) is 22.4. The quantitative estimate of drug-likeness (QED) is 0.604. The molecule has 3 aromatic rings. The molecular formula is C23H22N6O3. The Kier molecular flexibility index (Phi) is 7.43. The molecule has 0 radical (unpaired) electrons. The van der Waals surface area contributed by atoms with Crippen molar-refractivity contribution in [3.8, 4) is 6.07 Å². The van der Waals surface area contributed by atoms with Crippen molar-refractivity contribution in [2.75, 3.05) is 18.4 Å². The van der Waals surface area contributed by atoms with Gasteiger partial charge < -0.3 is 15.3 Å². The lowest BCUT2D eigenvalue weighted by Crippen LogP contribution is -2.32. The Bertz CT molecular complexity index is 1180. The van der Waals surface area contributed by atoms with Crippen LogP contribution in [0.4, 0.5) is 5.95 Å². The number of hydrogen-bond donors (Lipinski definition) is 2. The zero-order valence-corrected chi connectivity index (χ0v) is 17.5. The van der Waals surface area contributed by atoms with E-state index >= 15 is 0 Å². The van der Waals surface area contributed by atoms with Crippen molar-refractivity contribution in [1.82, 2.24) is 19.9 Å². The summed E-state index contributed by atoms with van der Waals surface area (Å²) in [5.74, 6) is 0.639. The Balaban J connectivity index is 0.000000913. The number of fused-ring (bicyclic) bond motifs is 1. The zero-order chi connectivity index (χ0) is 22.9. The van der Waals surface area contributed by atoms with Crippen LogP contribution in [0.25, 0.3) is 16.5 Å². The first-order valence-corrected chi connectivity index (χ1v) is 9.92. The van der Waals surface area contributed by atoms with Crippen molar-refractivity contribution < 1.29 is 14.7 Å². The number of amides is 1. The normalized spacial score (nSPS) is 12.8. The monoisotopic (exact) mass is 430 g/mol. The van der Waals surface area contributed by atoms with Crippen molar-refractivity contribution in [1.29, 1.82) is 5.26 Å². The summed E-state index contributed by atoms with van der Waals surface area (Å²) in [4.78, 5) is 34.9. The summed E-state index contributed by atoms with van der Waals surface area (Å²) in [5, 5.41) is 19.9. The van der Waals surface area contributed by atoms with Crippen molar-refractivity contribution in [2.24, 2.45) is 0 Å². The average molecular weight is 430 g/mol. The van der Waals surface area contributed by atoms with Gasteiger partial charge in [-0.2, -0.15) is 5.26 Å². The first-order chi connectivity index (χ1) is 15.5. The van der Waals surface area contributed by atoms with Gasteiger partial charge in [0, 0.05) is 37.8 Å². The average Bonchev–Trinajstić information content (AvgIpc) is 2.83. The molecule has 0 saturated carbocycles. The second-order valence-corrected chi connectivity index (χ2v) is 7.02. The van der Waals surface area contributed by atoms with Crippen LogP contribution >= 0.6 is 0 Å². The Morgan fingerprint density at radius 1 is 1.28 bits per heavy atom. The summed E-state index contributed by atoms with van der Waals surface area (Å²) >= 11 is 0. The number of rotatable bonds is 4. The van der Waals surface area contributed by atoms with Gasteiger partial charge in [-0.25, -0.2) is 9.97 Å². The van der Waals surface area contributed by atoms with Gasteiger partial charge in [0.15, 0.2) is 0 Å². The lowest BCUT2D eigenvalue weighted by atomic mass is 9.98. The number of anilines is 1. The molecule has 9 heteroatoms. The fourth-order valence-electron chi connectivity index (χ4n) is 3.29. The summed E-state index contributed by atoms with van der Waals surface area (Å²) < 4.78 is 0. The Hall–Kier alpha value is -4.32. The summed E-state index contributed by atoms with van der Waals surface area (Å²) in [6, 6.07) is 11.8. The maximum Gasteiger partial charge on any atom is 0.290 e. The first-order valence-electron chi connectivity index (χ1n) is 9.92. The van der Waals surface area contributed by atoms with Crippen LogP contribution in [0.3, 0.4) is 0 Å². The molecule has 1 aliphatic rings. The van der Waals surface area contributed by atoms with Crippen LogP contribution in [0.2, 0.25) is 0 Å². The summed E-state index contributed by atoms with van der Waals surface area (Å²) in [7, 11) is 0. The lowest BCUT2D eigenvalue weighted by molar-refractivity contribution is -0.128. The molecule has 1 aromatic carbocycles. The largest absolute Gasteiger partial charge is 0.483 e. The van der Waals surface area contributed by atoms with Crippen LogP contribution < -0.4 is 5.32 Å². The van der Waals surface area contributed by atoms with Crippen molar-refractivity contribution >= 4 is 34.8 Å². The molecule has 0 atom stereocenters. The standard InChI is InChI=1S/C22H20N6O.CH2O2/c1-15(29)28-8-6-17(7-9-28)18-3-4-19-13-25-22(27-21(19)10-18)26-14-20-5-2-16(11-23)12-24-20;2-1-3/h2-6,10,12-13H,7-9,14H2,1H3,(H,25,26,27);1H,(H,2,3). The third-order valence-electron chi connectivity index (χ3n) is 4.99. The highest BCUT2D eigenvalue weighted by Crippen LogP contribution is 2.25. The lowest BCUT2D eigenvalue weighted by Gasteiger charge is -2.25. The maximum atomic E-state index is 11.5. The third-order valence-corrected chi connectivity index (χ3v) is 4.99. The molecule has 0 bridgehead atoms. The number of carbonyl (C=O) groups excluding carboxylic acids is 1. The van der Waals surface area contributed by atoms with E-state index in [1.807, 2.05) is 17.0 Å². The molecule has 1 aliphatic heterocycles. The topological polar surface area (TPSA) is 132 Å². The van der Waals surface area contributed by atoms with Gasteiger partial charge in [-0.15, -0.1) is 0 Å². The summed E-state index contributed by atoms with van der Waals surface area (Å²) in [5.41, 5.74) is 4.57. The fraction of sp³-hybridized carbons (Fsp3) is 0.217. The van der Waals surface area contributed by atoms with Crippen LogP contribution in [0.1, 0.15) is 30.2 Å². The van der Waals surface area contributed by atoms with Crippen molar-refractivity contribution in [3.05, 3.63) is 65.6 Å². The Labute approximate surface area is 185 Å². The molecule has 0 spiro atoms. The van der Waals surface area contributed by atoms with Crippen molar-refractivity contribution in [2.45, 2.75) is 19.9 Å². The number of nitrogens with zero attached hydrogens (tertiary/aromatic N) is 5. The van der Waals surface area contributed by atoms with E-state index in [1.165, 1.54) is 5.57 Å². The van der Waals surface area contributed by atoms with Gasteiger partial charge >= 0.3 is 0 Å². The molecule has 0 aliphatic carbocycles. The minimum atomic E-state index is -0.250. The van der Waals surface area contributed by atoms with E-state index in [-0.39, 0.29) is 12.4 Å². The van der Waals surface area contributed by atoms with Crippen LogP contribution in [-0.2, 0) is 16.1 Å². The molecule has 0 unspecified atom stereocenters. The Morgan fingerprint density at radius 2 is 2.09 bits per heavy atom. The Morgan fingerprint density at radius 3 is 2.72 bits per heavy atom.